The summed E-state index contributed by atoms with van der Waals surface area (Å²) in [6.45, 7) is 0. The van der Waals surface area contributed by atoms with Crippen LogP contribution in [0.1, 0.15) is 5.56 Å². The molecule has 3 aromatic heterocycles. The minimum absolute atomic E-state index is 0.125. The third kappa shape index (κ3) is 4.22. The van der Waals surface area contributed by atoms with Gasteiger partial charge in [0.05, 0.1) is 27.8 Å². The highest BCUT2D eigenvalue weighted by molar-refractivity contribution is 6.30. The standard InChI is InChI=1S/C49H29N5O/c50-48(53-49-47(51-36-20-5-6-21-37(36)52-49)35-19-11-25-42-44(35)34-16-4-8-24-41(34)55-42)33-15-3-7-22-38(33)54-39-23-10-18-32-30-14-2-1-13-29(30)31-17-9-12-28-26-27-40(54)46(43(28)31)45(32)39/h1-27H,(H2,50,52,53). The van der Waals surface area contributed by atoms with Crippen LogP contribution in [-0.2, 0) is 0 Å². The fourth-order valence-corrected chi connectivity index (χ4v) is 8.91. The van der Waals surface area contributed by atoms with Gasteiger partial charge in [0.2, 0.25) is 0 Å². The largest absolute Gasteiger partial charge is 0.456 e. The van der Waals surface area contributed by atoms with Crippen LogP contribution in [-0.4, -0.2) is 20.4 Å². The molecule has 8 aromatic carbocycles. The van der Waals surface area contributed by atoms with Gasteiger partial charge in [-0.05, 0) is 81.6 Å². The van der Waals surface area contributed by atoms with E-state index in [0.29, 0.717) is 16.7 Å². The van der Waals surface area contributed by atoms with E-state index < -0.39 is 0 Å². The molecule has 0 aliphatic heterocycles. The van der Waals surface area contributed by atoms with E-state index in [2.05, 4.69) is 101 Å². The number of hydrogen-bond acceptors (Lipinski definition) is 3. The number of furan rings is 1. The number of aromatic amines is 1. The van der Waals surface area contributed by atoms with Crippen LogP contribution in [0, 0.1) is 5.41 Å². The smallest absolute Gasteiger partial charge is 0.159 e. The molecule has 55 heavy (non-hydrogen) atoms. The quantitative estimate of drug-likeness (QED) is 0.142. The SMILES string of the molecule is N=C(N=c1[nH]c2ccccc2nc1-c1cccc2oc3ccccc3c12)c1ccccc1-n1c2cccc3c2c2c4c(cccc4ccc21)-c1ccccc1-3. The van der Waals surface area contributed by atoms with Crippen molar-refractivity contribution < 1.29 is 4.42 Å². The van der Waals surface area contributed by atoms with Crippen molar-refractivity contribution in [2.75, 3.05) is 0 Å². The van der Waals surface area contributed by atoms with E-state index in [-0.39, 0.29) is 5.84 Å². The van der Waals surface area contributed by atoms with E-state index in [9.17, 15) is 5.41 Å². The van der Waals surface area contributed by atoms with Gasteiger partial charge in [-0.3, -0.25) is 5.41 Å². The molecule has 0 saturated heterocycles. The molecule has 3 heterocycles. The Kier molecular flexibility index (Phi) is 6.11. The number of amidine groups is 1. The van der Waals surface area contributed by atoms with Crippen molar-refractivity contribution in [3.63, 3.8) is 0 Å². The average molecular weight is 704 g/mol. The molecule has 1 aliphatic carbocycles. The lowest BCUT2D eigenvalue weighted by Gasteiger charge is -2.15. The first kappa shape index (κ1) is 29.9. The van der Waals surface area contributed by atoms with E-state index in [0.717, 1.165) is 55.3 Å². The number of para-hydroxylation sites is 4. The van der Waals surface area contributed by atoms with Crippen molar-refractivity contribution in [1.29, 1.82) is 5.41 Å². The molecule has 0 saturated carbocycles. The number of aromatic nitrogens is 3. The van der Waals surface area contributed by atoms with Crippen LogP contribution in [0.4, 0.5) is 0 Å². The molecule has 0 atom stereocenters. The van der Waals surface area contributed by atoms with Crippen LogP contribution in [0.25, 0.3) is 105 Å². The fraction of sp³-hybridized carbons (Fsp3) is 0. The Morgan fingerprint density at radius 3 is 2.13 bits per heavy atom. The lowest BCUT2D eigenvalue weighted by molar-refractivity contribution is 0.669. The maximum Gasteiger partial charge on any atom is 0.159 e. The first-order valence-corrected chi connectivity index (χ1v) is 18.4. The average Bonchev–Trinajstić information content (AvgIpc) is 3.75. The van der Waals surface area contributed by atoms with Gasteiger partial charge in [0.1, 0.15) is 16.9 Å². The summed E-state index contributed by atoms with van der Waals surface area (Å²) < 4.78 is 8.59. The zero-order chi connectivity index (χ0) is 36.2. The van der Waals surface area contributed by atoms with Crippen molar-refractivity contribution in [1.82, 2.24) is 14.5 Å². The number of hydrogen-bond donors (Lipinski definition) is 2. The lowest BCUT2D eigenvalue weighted by atomic mass is 9.93. The zero-order valence-corrected chi connectivity index (χ0v) is 29.3. The summed E-state index contributed by atoms with van der Waals surface area (Å²) in [7, 11) is 0. The molecule has 0 bridgehead atoms. The second-order valence-electron chi connectivity index (χ2n) is 14.1. The van der Waals surface area contributed by atoms with Crippen LogP contribution in [0.5, 0.6) is 0 Å². The van der Waals surface area contributed by atoms with Crippen molar-refractivity contribution in [2.24, 2.45) is 4.99 Å². The van der Waals surface area contributed by atoms with E-state index in [4.69, 9.17) is 14.4 Å². The van der Waals surface area contributed by atoms with Crippen LogP contribution < -0.4 is 5.49 Å². The number of rotatable bonds is 3. The van der Waals surface area contributed by atoms with Gasteiger partial charge in [0, 0.05) is 32.7 Å². The Labute approximate surface area is 313 Å². The summed E-state index contributed by atoms with van der Waals surface area (Å²) in [6.07, 6.45) is 0. The van der Waals surface area contributed by atoms with Crippen molar-refractivity contribution in [3.8, 4) is 39.2 Å². The molecule has 2 N–H and O–H groups in total. The molecule has 6 nitrogen and oxygen atoms in total. The molecule has 0 spiro atoms. The van der Waals surface area contributed by atoms with Crippen LogP contribution in [0.3, 0.4) is 0 Å². The molecule has 0 amide bonds. The van der Waals surface area contributed by atoms with Gasteiger partial charge >= 0.3 is 0 Å². The fourth-order valence-electron chi connectivity index (χ4n) is 8.91. The highest BCUT2D eigenvalue weighted by Gasteiger charge is 2.25. The van der Waals surface area contributed by atoms with Gasteiger partial charge in [-0.15, -0.1) is 0 Å². The summed E-state index contributed by atoms with van der Waals surface area (Å²) in [5.41, 5.74) is 13.9. The van der Waals surface area contributed by atoms with Crippen LogP contribution in [0.2, 0.25) is 0 Å². The van der Waals surface area contributed by atoms with Crippen molar-refractivity contribution in [2.45, 2.75) is 0 Å². The van der Waals surface area contributed by atoms with Gasteiger partial charge < -0.3 is 14.0 Å². The molecule has 0 unspecified atom stereocenters. The van der Waals surface area contributed by atoms with E-state index in [1.807, 2.05) is 72.8 Å². The van der Waals surface area contributed by atoms with Crippen molar-refractivity contribution >= 4 is 71.4 Å². The minimum Gasteiger partial charge on any atom is -0.456 e. The number of nitrogens with zero attached hydrogens (tertiary/aromatic N) is 3. The Morgan fingerprint density at radius 2 is 1.22 bits per heavy atom. The summed E-state index contributed by atoms with van der Waals surface area (Å²) in [5.74, 6) is 0.125. The van der Waals surface area contributed by atoms with Gasteiger partial charge in [-0.2, -0.15) is 0 Å². The molecule has 12 rings (SSSR count). The third-order valence-corrected chi connectivity index (χ3v) is 11.2. The summed E-state index contributed by atoms with van der Waals surface area (Å²) in [6, 6.07) is 56.6. The highest BCUT2D eigenvalue weighted by Crippen LogP contribution is 2.49. The molecule has 11 aromatic rings. The van der Waals surface area contributed by atoms with Crippen LogP contribution >= 0.6 is 0 Å². The Balaban J connectivity index is 1.12. The monoisotopic (exact) mass is 703 g/mol. The van der Waals surface area contributed by atoms with E-state index >= 15 is 0 Å². The third-order valence-electron chi connectivity index (χ3n) is 11.2. The van der Waals surface area contributed by atoms with Crippen LogP contribution in [0.15, 0.2) is 173 Å². The minimum atomic E-state index is 0.125. The topological polar surface area (TPSA) is 83.0 Å². The highest BCUT2D eigenvalue weighted by atomic mass is 16.3. The van der Waals surface area contributed by atoms with E-state index in [1.165, 1.54) is 43.8 Å². The maximum absolute atomic E-state index is 9.73. The first-order chi connectivity index (χ1) is 27.2. The normalized spacial score (nSPS) is 12.5. The van der Waals surface area contributed by atoms with Gasteiger partial charge in [-0.25, -0.2) is 9.98 Å². The number of H-pyrrole nitrogens is 1. The first-order valence-electron chi connectivity index (χ1n) is 18.4. The van der Waals surface area contributed by atoms with Gasteiger partial charge in [0.15, 0.2) is 11.3 Å². The molecular formula is C49H29N5O. The van der Waals surface area contributed by atoms with Gasteiger partial charge in [0.25, 0.3) is 0 Å². The maximum atomic E-state index is 9.73. The molecular weight excluding hydrogens is 675 g/mol. The molecule has 6 heteroatoms. The second kappa shape index (κ2) is 11.2. The molecule has 256 valence electrons. The Bertz CT molecular complexity index is 3530. The van der Waals surface area contributed by atoms with E-state index in [1.54, 1.807) is 0 Å². The molecule has 0 radical (unpaired) electrons. The summed E-state index contributed by atoms with van der Waals surface area (Å²) >= 11 is 0. The molecule has 1 aliphatic rings. The summed E-state index contributed by atoms with van der Waals surface area (Å²) in [5, 5.41) is 16.6. The number of fused-ring (bicyclic) bond motifs is 7. The Hall–Kier alpha value is -7.57. The summed E-state index contributed by atoms with van der Waals surface area (Å²) in [4.78, 5) is 13.8. The zero-order valence-electron chi connectivity index (χ0n) is 29.3. The lowest BCUT2D eigenvalue weighted by Crippen LogP contribution is -2.17. The number of nitrogens with one attached hydrogen (secondary N) is 2. The predicted molar refractivity (Wildman–Crippen MR) is 224 cm³/mol. The molecule has 0 fully saturated rings. The van der Waals surface area contributed by atoms with Gasteiger partial charge in [-0.1, -0.05) is 115 Å². The van der Waals surface area contributed by atoms with Crippen molar-refractivity contribution in [3.05, 3.63) is 175 Å². The second-order valence-corrected chi connectivity index (χ2v) is 14.1. The predicted octanol–water partition coefficient (Wildman–Crippen LogP) is 12.0. The number of benzene rings is 8. The Morgan fingerprint density at radius 1 is 0.545 bits per heavy atom.